The Morgan fingerprint density at radius 3 is 2.50 bits per heavy atom. The minimum atomic E-state index is -0.275. The van der Waals surface area contributed by atoms with Crippen molar-refractivity contribution in [1.29, 1.82) is 0 Å². The topological polar surface area (TPSA) is 91.5 Å². The van der Waals surface area contributed by atoms with E-state index in [1.165, 1.54) is 5.56 Å². The fourth-order valence-electron chi connectivity index (χ4n) is 2.34. The molecule has 2 rings (SSSR count). The van der Waals surface area contributed by atoms with Crippen LogP contribution in [0.2, 0.25) is 0 Å². The number of nitrogens with one attached hydrogen (secondary N) is 4. The summed E-state index contributed by atoms with van der Waals surface area (Å²) in [6.45, 7) is 5.11. The number of hydrogen-bond donors (Lipinski definition) is 4. The number of benzene rings is 2. The van der Waals surface area contributed by atoms with E-state index in [4.69, 9.17) is 4.74 Å². The van der Waals surface area contributed by atoms with Crippen molar-refractivity contribution in [2.75, 3.05) is 23.9 Å². The molecule has 0 spiro atoms. The molecular weight excluding hydrogens is 332 g/mol. The molecule has 0 aliphatic rings. The van der Waals surface area contributed by atoms with Crippen LogP contribution in [0.5, 0.6) is 5.75 Å². The van der Waals surface area contributed by atoms with E-state index in [1.807, 2.05) is 26.0 Å². The van der Waals surface area contributed by atoms with Crippen LogP contribution in [0.1, 0.15) is 17.5 Å². The molecule has 0 aliphatic carbocycles. The van der Waals surface area contributed by atoms with Gasteiger partial charge < -0.3 is 15.4 Å². The standard InChI is InChI=1S/C19H24N4O3/c1-14-4-9-18(15(2)12-14)26-11-3-10-20-19(25)22-16-5-7-17(8-6-16)23-21-13-24/h4-9,12-13,23H,3,10-11H2,1-2H3,(H,21,24)(H2,20,22,25). The molecule has 2 aromatic carbocycles. The van der Waals surface area contributed by atoms with Crippen molar-refractivity contribution in [3.05, 3.63) is 53.6 Å². The average molecular weight is 356 g/mol. The Morgan fingerprint density at radius 2 is 1.81 bits per heavy atom. The molecule has 4 N–H and O–H groups in total. The van der Waals surface area contributed by atoms with Crippen LogP contribution >= 0.6 is 0 Å². The van der Waals surface area contributed by atoms with Gasteiger partial charge in [-0.1, -0.05) is 17.7 Å². The van der Waals surface area contributed by atoms with E-state index >= 15 is 0 Å². The maximum Gasteiger partial charge on any atom is 0.319 e. The molecule has 0 atom stereocenters. The number of aryl methyl sites for hydroxylation is 2. The van der Waals surface area contributed by atoms with E-state index in [0.717, 1.165) is 11.3 Å². The Labute approximate surface area is 153 Å². The Hall–Kier alpha value is -3.22. The first-order valence-electron chi connectivity index (χ1n) is 8.38. The van der Waals surface area contributed by atoms with Crippen molar-refractivity contribution in [1.82, 2.24) is 10.7 Å². The number of amides is 3. The summed E-state index contributed by atoms with van der Waals surface area (Å²) in [6, 6.07) is 12.7. The Bertz CT molecular complexity index is 732. The van der Waals surface area contributed by atoms with Gasteiger partial charge in [-0.15, -0.1) is 0 Å². The van der Waals surface area contributed by atoms with E-state index in [9.17, 15) is 9.59 Å². The molecule has 3 amide bonds. The maximum atomic E-state index is 11.9. The van der Waals surface area contributed by atoms with E-state index < -0.39 is 0 Å². The summed E-state index contributed by atoms with van der Waals surface area (Å²) >= 11 is 0. The van der Waals surface area contributed by atoms with Crippen LogP contribution in [0.15, 0.2) is 42.5 Å². The molecule has 138 valence electrons. The van der Waals surface area contributed by atoms with Gasteiger partial charge in [0.2, 0.25) is 6.41 Å². The Balaban J connectivity index is 1.64. The highest BCUT2D eigenvalue weighted by molar-refractivity contribution is 5.89. The molecule has 0 bridgehead atoms. The van der Waals surface area contributed by atoms with Gasteiger partial charge in [0.1, 0.15) is 5.75 Å². The number of rotatable bonds is 9. The lowest BCUT2D eigenvalue weighted by Crippen LogP contribution is -2.30. The minimum Gasteiger partial charge on any atom is -0.493 e. The molecular formula is C19H24N4O3. The van der Waals surface area contributed by atoms with E-state index in [-0.39, 0.29) is 6.03 Å². The zero-order valence-electron chi connectivity index (χ0n) is 15.0. The zero-order chi connectivity index (χ0) is 18.8. The lowest BCUT2D eigenvalue weighted by Gasteiger charge is -2.11. The van der Waals surface area contributed by atoms with Crippen LogP contribution in [0.3, 0.4) is 0 Å². The molecule has 0 fully saturated rings. The fourth-order valence-corrected chi connectivity index (χ4v) is 2.34. The van der Waals surface area contributed by atoms with Crippen LogP contribution in [-0.2, 0) is 4.79 Å². The van der Waals surface area contributed by atoms with Crippen molar-refractivity contribution in [2.24, 2.45) is 0 Å². The maximum absolute atomic E-state index is 11.9. The van der Waals surface area contributed by atoms with Crippen LogP contribution in [0.4, 0.5) is 16.2 Å². The quantitative estimate of drug-likeness (QED) is 0.316. The monoisotopic (exact) mass is 356 g/mol. The second-order valence-corrected chi connectivity index (χ2v) is 5.82. The third-order valence-corrected chi connectivity index (χ3v) is 3.61. The average Bonchev–Trinajstić information content (AvgIpc) is 2.62. The van der Waals surface area contributed by atoms with Gasteiger partial charge in [0.15, 0.2) is 0 Å². The smallest absolute Gasteiger partial charge is 0.319 e. The van der Waals surface area contributed by atoms with Crippen molar-refractivity contribution < 1.29 is 14.3 Å². The molecule has 0 saturated heterocycles. The Morgan fingerprint density at radius 1 is 1.08 bits per heavy atom. The van der Waals surface area contributed by atoms with Crippen molar-refractivity contribution in [3.63, 3.8) is 0 Å². The molecule has 0 unspecified atom stereocenters. The van der Waals surface area contributed by atoms with Gasteiger partial charge in [0.25, 0.3) is 0 Å². The molecule has 0 radical (unpaired) electrons. The van der Waals surface area contributed by atoms with Crippen LogP contribution in [0, 0.1) is 13.8 Å². The van der Waals surface area contributed by atoms with Gasteiger partial charge in [0.05, 0.1) is 12.3 Å². The van der Waals surface area contributed by atoms with E-state index in [2.05, 4.69) is 27.6 Å². The summed E-state index contributed by atoms with van der Waals surface area (Å²) in [5.74, 6) is 0.873. The number of hydrazine groups is 1. The molecule has 0 aromatic heterocycles. The minimum absolute atomic E-state index is 0.275. The van der Waals surface area contributed by atoms with Gasteiger partial charge in [-0.25, -0.2) is 4.79 Å². The first-order valence-corrected chi connectivity index (χ1v) is 8.38. The highest BCUT2D eigenvalue weighted by Crippen LogP contribution is 2.18. The van der Waals surface area contributed by atoms with E-state index in [1.54, 1.807) is 24.3 Å². The lowest BCUT2D eigenvalue weighted by molar-refractivity contribution is -0.109. The zero-order valence-corrected chi connectivity index (χ0v) is 15.0. The predicted octanol–water partition coefficient (Wildman–Crippen LogP) is 2.97. The number of ether oxygens (including phenoxy) is 1. The Kier molecular flexibility index (Phi) is 7.30. The molecule has 2 aromatic rings. The fraction of sp³-hybridized carbons (Fsp3) is 0.263. The third-order valence-electron chi connectivity index (χ3n) is 3.61. The van der Waals surface area contributed by atoms with E-state index in [0.29, 0.717) is 37.4 Å². The summed E-state index contributed by atoms with van der Waals surface area (Å²) in [5.41, 5.74) is 8.71. The molecule has 26 heavy (non-hydrogen) atoms. The normalized spacial score (nSPS) is 9.92. The van der Waals surface area contributed by atoms with Crippen molar-refractivity contribution in [3.8, 4) is 5.75 Å². The lowest BCUT2D eigenvalue weighted by atomic mass is 10.1. The third kappa shape index (κ3) is 6.35. The van der Waals surface area contributed by atoms with Crippen LogP contribution in [0.25, 0.3) is 0 Å². The number of hydrogen-bond acceptors (Lipinski definition) is 4. The number of anilines is 2. The summed E-state index contributed by atoms with van der Waals surface area (Å²) in [6.07, 6.45) is 1.25. The summed E-state index contributed by atoms with van der Waals surface area (Å²) in [4.78, 5) is 22.1. The second-order valence-electron chi connectivity index (χ2n) is 5.82. The SMILES string of the molecule is Cc1ccc(OCCCNC(=O)Nc2ccc(NNC=O)cc2)c(C)c1. The first-order chi connectivity index (χ1) is 12.6. The number of carbonyl (C=O) groups excluding carboxylic acids is 2. The molecule has 7 heteroatoms. The van der Waals surface area contributed by atoms with Crippen LogP contribution < -0.4 is 26.2 Å². The molecule has 0 saturated carbocycles. The summed E-state index contributed by atoms with van der Waals surface area (Å²) in [5, 5.41) is 5.53. The summed E-state index contributed by atoms with van der Waals surface area (Å²) in [7, 11) is 0. The van der Waals surface area contributed by atoms with Crippen molar-refractivity contribution >= 4 is 23.8 Å². The second kappa shape index (κ2) is 9.93. The van der Waals surface area contributed by atoms with Gasteiger partial charge >= 0.3 is 6.03 Å². The number of urea groups is 1. The summed E-state index contributed by atoms with van der Waals surface area (Å²) < 4.78 is 5.73. The predicted molar refractivity (Wildman–Crippen MR) is 102 cm³/mol. The molecule has 7 nitrogen and oxygen atoms in total. The highest BCUT2D eigenvalue weighted by atomic mass is 16.5. The van der Waals surface area contributed by atoms with Gasteiger partial charge in [-0.2, -0.15) is 0 Å². The van der Waals surface area contributed by atoms with Crippen molar-refractivity contribution in [2.45, 2.75) is 20.3 Å². The first kappa shape index (κ1) is 19.1. The molecule has 0 heterocycles. The van der Waals surface area contributed by atoms with Gasteiger partial charge in [-0.3, -0.25) is 15.6 Å². The molecule has 0 aliphatic heterocycles. The highest BCUT2D eigenvalue weighted by Gasteiger charge is 2.02. The largest absolute Gasteiger partial charge is 0.493 e. The number of carbonyl (C=O) groups is 2. The van der Waals surface area contributed by atoms with Crippen LogP contribution in [-0.4, -0.2) is 25.6 Å². The van der Waals surface area contributed by atoms with Gasteiger partial charge in [-0.05, 0) is 56.2 Å². The van der Waals surface area contributed by atoms with Gasteiger partial charge in [0, 0.05) is 12.2 Å².